The normalized spacial score (nSPS) is 11.6. The number of likely N-dealkylation sites (N-methyl/N-ethyl adjacent to an activating group) is 1. The Balaban J connectivity index is 4.27. The van der Waals surface area contributed by atoms with Crippen LogP contribution in [-0.2, 0) is 0 Å². The Kier molecular flexibility index (Phi) is 5.37. The molecule has 2 N–H and O–H groups in total. The molecule has 0 aliphatic heterocycles. The minimum atomic E-state index is 0.461. The van der Waals surface area contributed by atoms with Crippen LogP contribution in [0.25, 0.3) is 0 Å². The SMILES string of the molecule is C=C(/C=C/C)NC(C)=CC(=N)N(C)C. The minimum absolute atomic E-state index is 0.461. The van der Waals surface area contributed by atoms with E-state index >= 15 is 0 Å². The number of rotatable bonds is 4. The summed E-state index contributed by atoms with van der Waals surface area (Å²) in [6.07, 6.45) is 5.56. The fraction of sp³-hybridized carbons (Fsp3) is 0.364. The number of nitrogens with zero attached hydrogens (tertiary/aromatic N) is 1. The van der Waals surface area contributed by atoms with Gasteiger partial charge in [0.1, 0.15) is 5.84 Å². The third-order valence-electron chi connectivity index (χ3n) is 1.56. The quantitative estimate of drug-likeness (QED) is 0.408. The summed E-state index contributed by atoms with van der Waals surface area (Å²) in [6, 6.07) is 0. The molecule has 3 heteroatoms. The fourth-order valence-corrected chi connectivity index (χ4v) is 0.866. The topological polar surface area (TPSA) is 39.1 Å². The molecule has 0 saturated heterocycles. The molecule has 0 rings (SSSR count). The van der Waals surface area contributed by atoms with E-state index in [9.17, 15) is 0 Å². The fourth-order valence-electron chi connectivity index (χ4n) is 0.866. The molecule has 0 aliphatic carbocycles. The van der Waals surface area contributed by atoms with Gasteiger partial charge in [0.05, 0.1) is 0 Å². The van der Waals surface area contributed by atoms with Crippen molar-refractivity contribution in [1.82, 2.24) is 10.2 Å². The lowest BCUT2D eigenvalue weighted by Gasteiger charge is -2.12. The average Bonchev–Trinajstić information content (AvgIpc) is 2.03. The monoisotopic (exact) mass is 193 g/mol. The van der Waals surface area contributed by atoms with Crippen LogP contribution in [0, 0.1) is 5.41 Å². The van der Waals surface area contributed by atoms with Crippen molar-refractivity contribution in [1.29, 1.82) is 5.41 Å². The zero-order chi connectivity index (χ0) is 11.1. The highest BCUT2D eigenvalue weighted by Gasteiger charge is 1.95. The minimum Gasteiger partial charge on any atom is -0.363 e. The first kappa shape index (κ1) is 12.5. The number of hydrogen-bond acceptors (Lipinski definition) is 2. The van der Waals surface area contributed by atoms with Gasteiger partial charge in [0.15, 0.2) is 0 Å². The highest BCUT2D eigenvalue weighted by atomic mass is 15.1. The van der Waals surface area contributed by atoms with Gasteiger partial charge in [-0.3, -0.25) is 5.41 Å². The zero-order valence-electron chi connectivity index (χ0n) is 9.39. The van der Waals surface area contributed by atoms with E-state index < -0.39 is 0 Å². The third kappa shape index (κ3) is 5.19. The summed E-state index contributed by atoms with van der Waals surface area (Å²) in [5.41, 5.74) is 1.74. The second-order valence-corrected chi connectivity index (χ2v) is 3.26. The van der Waals surface area contributed by atoms with Gasteiger partial charge in [0.25, 0.3) is 0 Å². The Morgan fingerprint density at radius 3 is 2.43 bits per heavy atom. The molecule has 0 atom stereocenters. The van der Waals surface area contributed by atoms with E-state index in [1.54, 1.807) is 11.0 Å². The van der Waals surface area contributed by atoms with Crippen LogP contribution in [0.1, 0.15) is 13.8 Å². The average molecular weight is 193 g/mol. The predicted octanol–water partition coefficient (Wildman–Crippen LogP) is 2.11. The Morgan fingerprint density at radius 1 is 1.43 bits per heavy atom. The molecule has 14 heavy (non-hydrogen) atoms. The zero-order valence-corrected chi connectivity index (χ0v) is 9.39. The number of nitrogens with one attached hydrogen (secondary N) is 2. The predicted molar refractivity (Wildman–Crippen MR) is 62.3 cm³/mol. The van der Waals surface area contributed by atoms with Crippen LogP contribution in [0.2, 0.25) is 0 Å². The van der Waals surface area contributed by atoms with Crippen LogP contribution in [-0.4, -0.2) is 24.8 Å². The van der Waals surface area contributed by atoms with Crippen molar-refractivity contribution in [2.75, 3.05) is 14.1 Å². The van der Waals surface area contributed by atoms with E-state index in [2.05, 4.69) is 11.9 Å². The van der Waals surface area contributed by atoms with Gasteiger partial charge in [-0.05, 0) is 26.0 Å². The highest BCUT2D eigenvalue weighted by molar-refractivity contribution is 5.90. The van der Waals surface area contributed by atoms with E-state index in [4.69, 9.17) is 5.41 Å². The number of allylic oxidation sites excluding steroid dienone is 3. The lowest BCUT2D eigenvalue weighted by Crippen LogP contribution is -2.20. The second-order valence-electron chi connectivity index (χ2n) is 3.26. The van der Waals surface area contributed by atoms with E-state index in [0.717, 1.165) is 11.4 Å². The van der Waals surface area contributed by atoms with E-state index in [1.165, 1.54) is 0 Å². The first-order chi connectivity index (χ1) is 6.47. The second kappa shape index (κ2) is 6.02. The third-order valence-corrected chi connectivity index (χ3v) is 1.56. The number of hydrogen-bond donors (Lipinski definition) is 2. The van der Waals surface area contributed by atoms with Gasteiger partial charge in [0, 0.05) is 25.5 Å². The number of amidine groups is 1. The Hall–Kier alpha value is -1.51. The molecule has 0 aromatic rings. The molecule has 0 radical (unpaired) electrons. The van der Waals surface area contributed by atoms with Crippen LogP contribution in [0.15, 0.2) is 36.2 Å². The molecular formula is C11H19N3. The molecule has 0 spiro atoms. The first-order valence-electron chi connectivity index (χ1n) is 4.50. The van der Waals surface area contributed by atoms with Crippen molar-refractivity contribution >= 4 is 5.84 Å². The Bertz CT molecular complexity index is 272. The van der Waals surface area contributed by atoms with Crippen molar-refractivity contribution in [2.24, 2.45) is 0 Å². The van der Waals surface area contributed by atoms with E-state index in [0.29, 0.717) is 5.84 Å². The smallest absolute Gasteiger partial charge is 0.121 e. The molecule has 0 aromatic heterocycles. The van der Waals surface area contributed by atoms with Crippen molar-refractivity contribution < 1.29 is 0 Å². The molecule has 0 unspecified atom stereocenters. The summed E-state index contributed by atoms with van der Waals surface area (Å²) in [5, 5.41) is 10.7. The van der Waals surface area contributed by atoms with Gasteiger partial charge in [-0.2, -0.15) is 0 Å². The summed E-state index contributed by atoms with van der Waals surface area (Å²) >= 11 is 0. The van der Waals surface area contributed by atoms with Gasteiger partial charge in [0.2, 0.25) is 0 Å². The maximum absolute atomic E-state index is 7.58. The molecule has 0 saturated carbocycles. The molecule has 3 nitrogen and oxygen atoms in total. The van der Waals surface area contributed by atoms with Crippen LogP contribution in [0.4, 0.5) is 0 Å². The lowest BCUT2D eigenvalue weighted by molar-refractivity contribution is 0.621. The molecule has 0 aromatic carbocycles. The van der Waals surface area contributed by atoms with Crippen molar-refractivity contribution in [2.45, 2.75) is 13.8 Å². The molecular weight excluding hydrogens is 174 g/mol. The Labute approximate surface area is 86.3 Å². The van der Waals surface area contributed by atoms with Crippen molar-refractivity contribution in [3.05, 3.63) is 36.2 Å². The van der Waals surface area contributed by atoms with Crippen LogP contribution in [0.5, 0.6) is 0 Å². The highest BCUT2D eigenvalue weighted by Crippen LogP contribution is 1.95. The van der Waals surface area contributed by atoms with E-state index in [-0.39, 0.29) is 0 Å². The van der Waals surface area contributed by atoms with Crippen LogP contribution >= 0.6 is 0 Å². The first-order valence-corrected chi connectivity index (χ1v) is 4.50. The Morgan fingerprint density at radius 2 is 2.00 bits per heavy atom. The van der Waals surface area contributed by atoms with Gasteiger partial charge in [-0.25, -0.2) is 0 Å². The molecule has 78 valence electrons. The summed E-state index contributed by atoms with van der Waals surface area (Å²) in [7, 11) is 3.68. The van der Waals surface area contributed by atoms with Crippen molar-refractivity contribution in [3.63, 3.8) is 0 Å². The van der Waals surface area contributed by atoms with Crippen LogP contribution < -0.4 is 5.32 Å². The van der Waals surface area contributed by atoms with Gasteiger partial charge >= 0.3 is 0 Å². The van der Waals surface area contributed by atoms with Gasteiger partial charge < -0.3 is 10.2 Å². The standard InChI is InChI=1S/C11H19N3/c1-6-7-9(2)13-10(3)8-11(12)14(4)5/h6-8,12-13H,2H2,1,3-5H3/b7-6+,10-8?,12-11?. The molecule has 0 fully saturated rings. The maximum atomic E-state index is 7.58. The largest absolute Gasteiger partial charge is 0.363 e. The van der Waals surface area contributed by atoms with E-state index in [1.807, 2.05) is 40.1 Å². The molecule has 0 bridgehead atoms. The molecule has 0 heterocycles. The van der Waals surface area contributed by atoms with Crippen molar-refractivity contribution in [3.8, 4) is 0 Å². The van der Waals surface area contributed by atoms with Crippen LogP contribution in [0.3, 0.4) is 0 Å². The van der Waals surface area contributed by atoms with Gasteiger partial charge in [-0.1, -0.05) is 12.7 Å². The maximum Gasteiger partial charge on any atom is 0.121 e. The summed E-state index contributed by atoms with van der Waals surface area (Å²) < 4.78 is 0. The summed E-state index contributed by atoms with van der Waals surface area (Å²) in [4.78, 5) is 1.74. The lowest BCUT2D eigenvalue weighted by atomic mass is 10.3. The summed E-state index contributed by atoms with van der Waals surface area (Å²) in [6.45, 7) is 7.66. The molecule has 0 amide bonds. The summed E-state index contributed by atoms with van der Waals surface area (Å²) in [5.74, 6) is 0.461. The van der Waals surface area contributed by atoms with Gasteiger partial charge in [-0.15, -0.1) is 0 Å². The molecule has 0 aliphatic rings.